The fourth-order valence-electron chi connectivity index (χ4n) is 2.84. The zero-order valence-corrected chi connectivity index (χ0v) is 15.2. The lowest BCUT2D eigenvalue weighted by atomic mass is 9.98. The Labute approximate surface area is 162 Å². The summed E-state index contributed by atoms with van der Waals surface area (Å²) in [6.07, 6.45) is 2.17. The summed E-state index contributed by atoms with van der Waals surface area (Å²) in [4.78, 5) is 24.2. The first-order chi connectivity index (χ1) is 13.6. The highest BCUT2D eigenvalue weighted by Gasteiger charge is 2.17. The van der Waals surface area contributed by atoms with Gasteiger partial charge in [-0.05, 0) is 41.8 Å². The lowest BCUT2D eigenvalue weighted by molar-refractivity contribution is -0.121. The Hall–Kier alpha value is -3.41. The molecule has 28 heavy (non-hydrogen) atoms. The van der Waals surface area contributed by atoms with Gasteiger partial charge in [0.2, 0.25) is 5.91 Å². The maximum Gasteiger partial charge on any atom is 0.286 e. The number of halogens is 1. The summed E-state index contributed by atoms with van der Waals surface area (Å²) >= 11 is 0. The maximum atomic E-state index is 13.3. The molecule has 0 aliphatic carbocycles. The third kappa shape index (κ3) is 5.30. The molecule has 1 atom stereocenters. The molecule has 0 fully saturated rings. The summed E-state index contributed by atoms with van der Waals surface area (Å²) in [6.45, 7) is 0.361. The molecule has 0 saturated heterocycles. The van der Waals surface area contributed by atoms with Crippen LogP contribution in [0.3, 0.4) is 0 Å². The monoisotopic (exact) mass is 380 g/mol. The van der Waals surface area contributed by atoms with E-state index in [9.17, 15) is 14.0 Å². The van der Waals surface area contributed by atoms with E-state index in [4.69, 9.17) is 4.42 Å². The van der Waals surface area contributed by atoms with Gasteiger partial charge in [0.1, 0.15) is 5.82 Å². The Morgan fingerprint density at radius 2 is 1.64 bits per heavy atom. The zero-order chi connectivity index (χ0) is 19.8. The van der Waals surface area contributed by atoms with Gasteiger partial charge in [-0.15, -0.1) is 0 Å². The second-order valence-corrected chi connectivity index (χ2v) is 6.30. The number of benzene rings is 2. The summed E-state index contributed by atoms with van der Waals surface area (Å²) in [7, 11) is 0. The molecule has 2 amide bonds. The van der Waals surface area contributed by atoms with Crippen LogP contribution in [-0.4, -0.2) is 18.4 Å². The molecule has 1 unspecified atom stereocenters. The van der Waals surface area contributed by atoms with Crippen LogP contribution in [0.15, 0.2) is 77.4 Å². The molecule has 0 bridgehead atoms. The predicted octanol–water partition coefficient (Wildman–Crippen LogP) is 3.83. The van der Waals surface area contributed by atoms with Gasteiger partial charge in [0.15, 0.2) is 5.76 Å². The van der Waals surface area contributed by atoms with Gasteiger partial charge < -0.3 is 15.1 Å². The fraction of sp³-hybridized carbons (Fsp3) is 0.182. The summed E-state index contributed by atoms with van der Waals surface area (Å²) in [6, 6.07) is 18.4. The number of hydrogen-bond donors (Lipinski definition) is 2. The number of amides is 2. The molecule has 5 nitrogen and oxygen atoms in total. The van der Waals surface area contributed by atoms with Crippen LogP contribution >= 0.6 is 0 Å². The van der Waals surface area contributed by atoms with Gasteiger partial charge in [-0.25, -0.2) is 4.39 Å². The number of carbonyl (C=O) groups is 2. The van der Waals surface area contributed by atoms with Crippen LogP contribution in [-0.2, 0) is 4.79 Å². The van der Waals surface area contributed by atoms with Crippen molar-refractivity contribution in [1.82, 2.24) is 10.6 Å². The number of hydrogen-bond acceptors (Lipinski definition) is 3. The smallest absolute Gasteiger partial charge is 0.286 e. The SMILES string of the molecule is O=C(CCCNC(=O)c1ccco1)NC(c1ccccc1)c1ccc(F)cc1. The third-order valence-corrected chi connectivity index (χ3v) is 4.25. The van der Waals surface area contributed by atoms with Crippen molar-refractivity contribution in [1.29, 1.82) is 0 Å². The molecule has 144 valence electrons. The molecule has 3 rings (SSSR count). The molecule has 2 aromatic carbocycles. The molecule has 0 spiro atoms. The standard InChI is InChI=1S/C22H21FN2O3/c23-18-12-10-17(11-13-18)21(16-6-2-1-3-7-16)25-20(26)9-4-14-24-22(27)19-8-5-15-28-19/h1-3,5-8,10-13,15,21H,4,9,14H2,(H,24,27)(H,25,26). The Balaban J connectivity index is 1.55. The Morgan fingerprint density at radius 3 is 2.32 bits per heavy atom. The first-order valence-electron chi connectivity index (χ1n) is 9.05. The third-order valence-electron chi connectivity index (χ3n) is 4.25. The van der Waals surface area contributed by atoms with E-state index in [1.54, 1.807) is 24.3 Å². The Morgan fingerprint density at radius 1 is 0.929 bits per heavy atom. The summed E-state index contributed by atoms with van der Waals surface area (Å²) < 4.78 is 18.3. The molecule has 0 saturated carbocycles. The van der Waals surface area contributed by atoms with E-state index < -0.39 is 0 Å². The van der Waals surface area contributed by atoms with Crippen LogP contribution in [0.5, 0.6) is 0 Å². The van der Waals surface area contributed by atoms with E-state index in [-0.39, 0.29) is 35.9 Å². The van der Waals surface area contributed by atoms with Crippen molar-refractivity contribution >= 4 is 11.8 Å². The molecular weight excluding hydrogens is 359 g/mol. The zero-order valence-electron chi connectivity index (χ0n) is 15.2. The Bertz CT molecular complexity index is 893. The summed E-state index contributed by atoms with van der Waals surface area (Å²) in [5.74, 6) is -0.539. The van der Waals surface area contributed by atoms with Gasteiger partial charge >= 0.3 is 0 Å². The minimum absolute atomic E-state index is 0.148. The predicted molar refractivity (Wildman–Crippen MR) is 103 cm³/mol. The van der Waals surface area contributed by atoms with Crippen LogP contribution in [0.25, 0.3) is 0 Å². The van der Waals surface area contributed by atoms with Gasteiger partial charge in [-0.2, -0.15) is 0 Å². The van der Waals surface area contributed by atoms with Crippen molar-refractivity contribution in [3.63, 3.8) is 0 Å². The number of carbonyl (C=O) groups excluding carboxylic acids is 2. The number of furan rings is 1. The first kappa shape index (κ1) is 19.4. The summed E-state index contributed by atoms with van der Waals surface area (Å²) in [5, 5.41) is 5.70. The molecule has 1 heterocycles. The van der Waals surface area contributed by atoms with Crippen molar-refractivity contribution in [2.75, 3.05) is 6.54 Å². The lowest BCUT2D eigenvalue weighted by Crippen LogP contribution is -2.30. The van der Waals surface area contributed by atoms with E-state index in [1.807, 2.05) is 30.3 Å². The highest BCUT2D eigenvalue weighted by molar-refractivity contribution is 5.91. The van der Waals surface area contributed by atoms with Crippen molar-refractivity contribution in [3.05, 3.63) is 95.7 Å². The van der Waals surface area contributed by atoms with Gasteiger partial charge in [0.05, 0.1) is 12.3 Å². The van der Waals surface area contributed by atoms with Gasteiger partial charge in [-0.3, -0.25) is 9.59 Å². The van der Waals surface area contributed by atoms with Gasteiger partial charge in [0, 0.05) is 13.0 Å². The van der Waals surface area contributed by atoms with Gasteiger partial charge in [0.25, 0.3) is 5.91 Å². The normalized spacial score (nSPS) is 11.6. The largest absolute Gasteiger partial charge is 0.459 e. The van der Waals surface area contributed by atoms with Gasteiger partial charge in [-0.1, -0.05) is 42.5 Å². The Kier molecular flexibility index (Phi) is 6.57. The topological polar surface area (TPSA) is 71.3 Å². The molecule has 3 aromatic rings. The minimum Gasteiger partial charge on any atom is -0.459 e. The average molecular weight is 380 g/mol. The first-order valence-corrected chi connectivity index (χ1v) is 9.05. The lowest BCUT2D eigenvalue weighted by Gasteiger charge is -2.20. The number of nitrogens with one attached hydrogen (secondary N) is 2. The fourth-order valence-corrected chi connectivity index (χ4v) is 2.84. The van der Waals surface area contributed by atoms with E-state index in [0.29, 0.717) is 13.0 Å². The molecule has 0 aliphatic rings. The van der Waals surface area contributed by atoms with E-state index in [2.05, 4.69) is 10.6 Å². The van der Waals surface area contributed by atoms with Crippen LogP contribution in [0.1, 0.15) is 40.6 Å². The van der Waals surface area contributed by atoms with Crippen molar-refractivity contribution in [3.8, 4) is 0 Å². The molecule has 0 radical (unpaired) electrons. The van der Waals surface area contributed by atoms with Crippen LogP contribution < -0.4 is 10.6 Å². The van der Waals surface area contributed by atoms with Crippen molar-refractivity contribution < 1.29 is 18.4 Å². The van der Waals surface area contributed by atoms with Crippen LogP contribution in [0.2, 0.25) is 0 Å². The molecular formula is C22H21FN2O3. The van der Waals surface area contributed by atoms with E-state index >= 15 is 0 Å². The van der Waals surface area contributed by atoms with E-state index in [1.165, 1.54) is 18.4 Å². The van der Waals surface area contributed by atoms with Crippen molar-refractivity contribution in [2.24, 2.45) is 0 Å². The maximum absolute atomic E-state index is 13.3. The molecule has 6 heteroatoms. The number of rotatable bonds is 8. The second-order valence-electron chi connectivity index (χ2n) is 6.30. The molecule has 0 aliphatic heterocycles. The quantitative estimate of drug-likeness (QED) is 0.584. The summed E-state index contributed by atoms with van der Waals surface area (Å²) in [5.41, 5.74) is 1.71. The van der Waals surface area contributed by atoms with Crippen LogP contribution in [0.4, 0.5) is 4.39 Å². The second kappa shape index (κ2) is 9.50. The minimum atomic E-state index is -0.369. The molecule has 1 aromatic heterocycles. The van der Waals surface area contributed by atoms with Crippen LogP contribution in [0, 0.1) is 5.82 Å². The molecule has 2 N–H and O–H groups in total. The van der Waals surface area contributed by atoms with Crippen molar-refractivity contribution in [2.45, 2.75) is 18.9 Å². The highest BCUT2D eigenvalue weighted by atomic mass is 19.1. The van der Waals surface area contributed by atoms with E-state index in [0.717, 1.165) is 11.1 Å². The average Bonchev–Trinajstić information content (AvgIpc) is 3.26. The highest BCUT2D eigenvalue weighted by Crippen LogP contribution is 2.22.